The Morgan fingerprint density at radius 1 is 1.10 bits per heavy atom. The predicted octanol–water partition coefficient (Wildman–Crippen LogP) is 2.66. The third kappa shape index (κ3) is 3.48. The van der Waals surface area contributed by atoms with Gasteiger partial charge in [-0.3, -0.25) is 4.79 Å². The molecule has 152 valence electrons. The van der Waals surface area contributed by atoms with E-state index in [-0.39, 0.29) is 5.91 Å². The molecule has 1 saturated heterocycles. The zero-order valence-electron chi connectivity index (χ0n) is 16.4. The van der Waals surface area contributed by atoms with Gasteiger partial charge < -0.3 is 9.64 Å². The average Bonchev–Trinajstić information content (AvgIpc) is 3.08. The normalized spacial score (nSPS) is 15.6. The largest absolute Gasteiger partial charge is 0.481 e. The molecule has 0 atom stereocenters. The standard InChI is InChI=1S/C21H23N3O4S/c1-23-21(28-2)18-9-8-15(14-19(18)22-23)20(25)24-12-10-17(11-13-24)29(26,27)16-6-4-3-5-7-16/h3-9,14,17H,10-13H2,1-2H3. The molecule has 1 aliphatic rings. The smallest absolute Gasteiger partial charge is 0.253 e. The van der Waals surface area contributed by atoms with E-state index in [4.69, 9.17) is 4.74 Å². The Hall–Kier alpha value is -2.87. The maximum atomic E-state index is 12.9. The first-order chi connectivity index (χ1) is 13.9. The fourth-order valence-corrected chi connectivity index (χ4v) is 5.66. The first-order valence-corrected chi connectivity index (χ1v) is 11.1. The van der Waals surface area contributed by atoms with Crippen LogP contribution in [0.2, 0.25) is 0 Å². The molecule has 29 heavy (non-hydrogen) atoms. The number of carbonyl (C=O) groups is 1. The van der Waals surface area contributed by atoms with E-state index in [1.807, 2.05) is 6.07 Å². The molecular weight excluding hydrogens is 390 g/mol. The molecule has 0 spiro atoms. The van der Waals surface area contributed by atoms with Gasteiger partial charge in [0.15, 0.2) is 9.84 Å². The number of amides is 1. The third-order valence-corrected chi connectivity index (χ3v) is 7.74. The van der Waals surface area contributed by atoms with E-state index in [9.17, 15) is 13.2 Å². The van der Waals surface area contributed by atoms with Crippen molar-refractivity contribution in [2.45, 2.75) is 23.0 Å². The van der Waals surface area contributed by atoms with Crippen LogP contribution in [0.1, 0.15) is 23.2 Å². The molecule has 0 saturated carbocycles. The number of nitrogens with zero attached hydrogens (tertiary/aromatic N) is 3. The molecule has 0 aliphatic carbocycles. The number of methoxy groups -OCH3 is 1. The van der Waals surface area contributed by atoms with E-state index in [1.54, 1.807) is 66.2 Å². The monoisotopic (exact) mass is 413 g/mol. The molecule has 8 heteroatoms. The van der Waals surface area contributed by atoms with Crippen LogP contribution in [0, 0.1) is 0 Å². The molecule has 1 amide bonds. The Labute approximate surface area is 169 Å². The van der Waals surface area contributed by atoms with Gasteiger partial charge in [-0.05, 0) is 43.2 Å². The molecule has 1 aromatic heterocycles. The number of sulfone groups is 1. The molecule has 0 radical (unpaired) electrons. The molecule has 0 N–H and O–H groups in total. The number of likely N-dealkylation sites (tertiary alicyclic amines) is 1. The lowest BCUT2D eigenvalue weighted by atomic mass is 10.1. The van der Waals surface area contributed by atoms with Gasteiger partial charge in [0.05, 0.1) is 28.2 Å². The summed E-state index contributed by atoms with van der Waals surface area (Å²) in [5.74, 6) is 0.540. The summed E-state index contributed by atoms with van der Waals surface area (Å²) < 4.78 is 32.6. The highest BCUT2D eigenvalue weighted by Gasteiger charge is 2.33. The van der Waals surface area contributed by atoms with E-state index in [2.05, 4.69) is 5.10 Å². The SMILES string of the molecule is COc1c2ccc(C(=O)N3CCC(S(=O)(=O)c4ccccc4)CC3)cc2nn1C. The summed E-state index contributed by atoms with van der Waals surface area (Å²) in [6.45, 7) is 0.832. The van der Waals surface area contributed by atoms with Gasteiger partial charge in [0.25, 0.3) is 5.91 Å². The van der Waals surface area contributed by atoms with Crippen LogP contribution in [-0.2, 0) is 16.9 Å². The Morgan fingerprint density at radius 2 is 1.79 bits per heavy atom. The first kappa shape index (κ1) is 19.4. The Bertz CT molecular complexity index is 1150. The molecule has 1 aliphatic heterocycles. The second-order valence-corrected chi connectivity index (χ2v) is 9.44. The van der Waals surface area contributed by atoms with Gasteiger partial charge in [-0.15, -0.1) is 0 Å². The van der Waals surface area contributed by atoms with Gasteiger partial charge in [-0.25, -0.2) is 13.1 Å². The highest BCUT2D eigenvalue weighted by Crippen LogP contribution is 2.28. The van der Waals surface area contributed by atoms with Gasteiger partial charge in [-0.2, -0.15) is 5.10 Å². The van der Waals surface area contributed by atoms with Gasteiger partial charge in [0, 0.05) is 25.7 Å². The fourth-order valence-electron chi connectivity index (χ4n) is 3.91. The summed E-state index contributed by atoms with van der Waals surface area (Å²) in [6.07, 6.45) is 0.866. The Kier molecular flexibility index (Phi) is 5.04. The molecular formula is C21H23N3O4S. The van der Waals surface area contributed by atoms with Gasteiger partial charge in [0.1, 0.15) is 0 Å². The van der Waals surface area contributed by atoms with Crippen LogP contribution in [0.3, 0.4) is 0 Å². The quantitative estimate of drug-likeness (QED) is 0.657. The summed E-state index contributed by atoms with van der Waals surface area (Å²) in [7, 11) is 0.00226. The minimum Gasteiger partial charge on any atom is -0.481 e. The summed E-state index contributed by atoms with van der Waals surface area (Å²) in [5, 5.41) is 4.78. The minimum absolute atomic E-state index is 0.105. The molecule has 0 unspecified atom stereocenters. The van der Waals surface area contributed by atoms with E-state index in [0.717, 1.165) is 5.39 Å². The van der Waals surface area contributed by atoms with Crippen molar-refractivity contribution in [3.63, 3.8) is 0 Å². The van der Waals surface area contributed by atoms with Crippen molar-refractivity contribution in [1.29, 1.82) is 0 Å². The van der Waals surface area contributed by atoms with Gasteiger partial charge in [0.2, 0.25) is 5.88 Å². The molecule has 0 bridgehead atoms. The fraction of sp³-hybridized carbons (Fsp3) is 0.333. The minimum atomic E-state index is -3.37. The van der Waals surface area contributed by atoms with Crippen LogP contribution >= 0.6 is 0 Å². The Balaban J connectivity index is 1.49. The van der Waals surface area contributed by atoms with Crippen molar-refractivity contribution < 1.29 is 17.9 Å². The van der Waals surface area contributed by atoms with Crippen molar-refractivity contribution in [1.82, 2.24) is 14.7 Å². The number of rotatable bonds is 4. The third-order valence-electron chi connectivity index (χ3n) is 5.46. The zero-order valence-corrected chi connectivity index (χ0v) is 17.2. The van der Waals surface area contributed by atoms with Crippen molar-refractivity contribution in [3.8, 4) is 5.88 Å². The first-order valence-electron chi connectivity index (χ1n) is 9.51. The average molecular weight is 413 g/mol. The molecule has 4 rings (SSSR count). The zero-order chi connectivity index (χ0) is 20.6. The number of aryl methyl sites for hydroxylation is 1. The van der Waals surface area contributed by atoms with Gasteiger partial charge >= 0.3 is 0 Å². The van der Waals surface area contributed by atoms with Crippen LogP contribution in [0.15, 0.2) is 53.4 Å². The summed E-state index contributed by atoms with van der Waals surface area (Å²) >= 11 is 0. The van der Waals surface area contributed by atoms with Crippen LogP contribution in [-0.4, -0.2) is 54.5 Å². The molecule has 1 fully saturated rings. The lowest BCUT2D eigenvalue weighted by molar-refractivity contribution is 0.0726. The molecule has 2 heterocycles. The molecule has 7 nitrogen and oxygen atoms in total. The van der Waals surface area contributed by atoms with E-state index >= 15 is 0 Å². The van der Waals surface area contributed by atoms with Crippen LogP contribution in [0.4, 0.5) is 0 Å². The topological polar surface area (TPSA) is 81.5 Å². The van der Waals surface area contributed by atoms with E-state index < -0.39 is 15.1 Å². The number of hydrogen-bond donors (Lipinski definition) is 0. The number of hydrogen-bond acceptors (Lipinski definition) is 5. The van der Waals surface area contributed by atoms with Crippen molar-refractivity contribution in [3.05, 3.63) is 54.1 Å². The maximum absolute atomic E-state index is 12.9. The number of piperidine rings is 1. The van der Waals surface area contributed by atoms with E-state index in [1.165, 1.54) is 0 Å². The summed E-state index contributed by atoms with van der Waals surface area (Å²) in [5.41, 5.74) is 1.24. The lowest BCUT2D eigenvalue weighted by Crippen LogP contribution is -2.42. The van der Waals surface area contributed by atoms with Crippen LogP contribution < -0.4 is 4.74 Å². The van der Waals surface area contributed by atoms with Crippen molar-refractivity contribution in [2.75, 3.05) is 20.2 Å². The van der Waals surface area contributed by atoms with Crippen LogP contribution in [0.5, 0.6) is 5.88 Å². The number of fused-ring (bicyclic) bond motifs is 1. The second-order valence-electron chi connectivity index (χ2n) is 7.21. The number of carbonyl (C=O) groups excluding carboxylic acids is 1. The maximum Gasteiger partial charge on any atom is 0.253 e. The predicted molar refractivity (Wildman–Crippen MR) is 110 cm³/mol. The number of ether oxygens (including phenoxy) is 1. The van der Waals surface area contributed by atoms with Gasteiger partial charge in [-0.1, -0.05) is 18.2 Å². The highest BCUT2D eigenvalue weighted by molar-refractivity contribution is 7.92. The number of benzene rings is 2. The summed E-state index contributed by atoms with van der Waals surface area (Å²) in [6, 6.07) is 13.9. The lowest BCUT2D eigenvalue weighted by Gasteiger charge is -2.31. The van der Waals surface area contributed by atoms with E-state index in [0.29, 0.717) is 47.8 Å². The van der Waals surface area contributed by atoms with Crippen LogP contribution in [0.25, 0.3) is 10.9 Å². The second kappa shape index (κ2) is 7.51. The van der Waals surface area contributed by atoms with Crippen molar-refractivity contribution >= 4 is 26.6 Å². The molecule has 2 aromatic carbocycles. The summed E-state index contributed by atoms with van der Waals surface area (Å²) in [4.78, 5) is 15.0. The van der Waals surface area contributed by atoms with Crippen molar-refractivity contribution in [2.24, 2.45) is 7.05 Å². The Morgan fingerprint density at radius 3 is 2.45 bits per heavy atom. The molecule has 3 aromatic rings. The number of aromatic nitrogens is 2. The highest BCUT2D eigenvalue weighted by atomic mass is 32.2.